The molecule has 1 aliphatic rings. The van der Waals surface area contributed by atoms with Crippen molar-refractivity contribution in [3.63, 3.8) is 0 Å². The third-order valence-electron chi connectivity index (χ3n) is 4.08. The lowest BCUT2D eigenvalue weighted by Gasteiger charge is -2.38. The van der Waals surface area contributed by atoms with Gasteiger partial charge in [0.05, 0.1) is 12.3 Å². The monoisotopic (exact) mass is 347 g/mol. The Morgan fingerprint density at radius 3 is 2.60 bits per heavy atom. The molecular weight excluding hydrogens is 322 g/mol. The van der Waals surface area contributed by atoms with Crippen LogP contribution in [-0.2, 0) is 14.3 Å². The zero-order valence-electron chi connectivity index (χ0n) is 15.3. The number of rotatable bonds is 7. The lowest BCUT2D eigenvalue weighted by atomic mass is 10.0. The number of amides is 1. The Kier molecular flexibility index (Phi) is 5.82. The molecule has 0 aliphatic carbocycles. The maximum atomic E-state index is 12.7. The molecule has 136 valence electrons. The summed E-state index contributed by atoms with van der Waals surface area (Å²) in [6.07, 6.45) is 2.83. The average Bonchev–Trinajstić information content (AvgIpc) is 2.55. The van der Waals surface area contributed by atoms with Gasteiger partial charge in [0.15, 0.2) is 11.4 Å². The molecule has 0 unspecified atom stereocenters. The lowest BCUT2D eigenvalue weighted by Crippen LogP contribution is -2.54. The van der Waals surface area contributed by atoms with Crippen LogP contribution in [0.3, 0.4) is 0 Å². The molecule has 1 amide bonds. The summed E-state index contributed by atoms with van der Waals surface area (Å²) in [6.45, 7) is 6.96. The Balaban J connectivity index is 2.23. The van der Waals surface area contributed by atoms with Crippen molar-refractivity contribution < 1.29 is 23.9 Å². The van der Waals surface area contributed by atoms with Gasteiger partial charge in [0.25, 0.3) is 5.91 Å². The summed E-state index contributed by atoms with van der Waals surface area (Å²) >= 11 is 0. The second kappa shape index (κ2) is 7.68. The van der Waals surface area contributed by atoms with E-state index in [0.717, 1.165) is 19.3 Å². The number of esters is 1. The summed E-state index contributed by atoms with van der Waals surface area (Å²) in [6, 6.07) is 4.88. The number of Topliss-reactive ketones (excluding diaryl/α,β-unsaturated/α-hetero) is 1. The zero-order valence-corrected chi connectivity index (χ0v) is 15.3. The van der Waals surface area contributed by atoms with Crippen LogP contribution >= 0.6 is 0 Å². The van der Waals surface area contributed by atoms with Gasteiger partial charge in [-0.15, -0.1) is 0 Å². The molecule has 6 nitrogen and oxygen atoms in total. The van der Waals surface area contributed by atoms with Crippen molar-refractivity contribution in [3.05, 3.63) is 23.8 Å². The number of carbonyl (C=O) groups excluding carboxylic acids is 3. The van der Waals surface area contributed by atoms with Crippen molar-refractivity contribution in [1.82, 2.24) is 0 Å². The molecule has 0 radical (unpaired) electrons. The van der Waals surface area contributed by atoms with Gasteiger partial charge in [0, 0.05) is 5.56 Å². The molecule has 0 saturated heterocycles. The summed E-state index contributed by atoms with van der Waals surface area (Å²) in [5.41, 5.74) is -0.216. The third-order valence-corrected chi connectivity index (χ3v) is 4.08. The Morgan fingerprint density at radius 1 is 1.24 bits per heavy atom. The molecule has 1 heterocycles. The number of ketones is 1. The van der Waals surface area contributed by atoms with Crippen LogP contribution in [0.15, 0.2) is 18.2 Å². The van der Waals surface area contributed by atoms with E-state index in [1.807, 2.05) is 0 Å². The highest BCUT2D eigenvalue weighted by atomic mass is 16.5. The molecule has 0 bridgehead atoms. The number of hydrogen-bond donors (Lipinski definition) is 0. The fourth-order valence-electron chi connectivity index (χ4n) is 2.66. The van der Waals surface area contributed by atoms with Gasteiger partial charge >= 0.3 is 5.97 Å². The molecule has 0 N–H and O–H groups in total. The summed E-state index contributed by atoms with van der Waals surface area (Å²) in [7, 11) is 0. The number of anilines is 1. The van der Waals surface area contributed by atoms with Gasteiger partial charge in [0.2, 0.25) is 0 Å². The minimum absolute atomic E-state index is 0.123. The maximum Gasteiger partial charge on any atom is 0.326 e. The van der Waals surface area contributed by atoms with E-state index in [0.29, 0.717) is 23.6 Å². The molecular formula is C19H25NO5. The number of fused-ring (bicyclic) bond motifs is 1. The van der Waals surface area contributed by atoms with Crippen molar-refractivity contribution in [3.8, 4) is 5.75 Å². The first-order valence-electron chi connectivity index (χ1n) is 8.58. The average molecular weight is 347 g/mol. The van der Waals surface area contributed by atoms with Gasteiger partial charge in [-0.2, -0.15) is 0 Å². The molecule has 2 rings (SSSR count). The molecule has 1 aliphatic heterocycles. The van der Waals surface area contributed by atoms with Gasteiger partial charge in [-0.25, -0.2) is 0 Å². The van der Waals surface area contributed by atoms with Gasteiger partial charge in [-0.1, -0.05) is 19.8 Å². The van der Waals surface area contributed by atoms with E-state index in [1.54, 1.807) is 32.0 Å². The van der Waals surface area contributed by atoms with Gasteiger partial charge in [-0.3, -0.25) is 19.3 Å². The Morgan fingerprint density at radius 2 is 1.96 bits per heavy atom. The number of unbranched alkanes of at least 4 members (excludes halogenated alkanes) is 2. The molecule has 25 heavy (non-hydrogen) atoms. The summed E-state index contributed by atoms with van der Waals surface area (Å²) in [5, 5.41) is 0. The van der Waals surface area contributed by atoms with Crippen molar-refractivity contribution in [2.24, 2.45) is 0 Å². The first kappa shape index (κ1) is 19.0. The van der Waals surface area contributed by atoms with E-state index in [9.17, 15) is 14.4 Å². The molecule has 1 aromatic rings. The summed E-state index contributed by atoms with van der Waals surface area (Å²) in [4.78, 5) is 37.8. The van der Waals surface area contributed by atoms with E-state index in [-0.39, 0.29) is 18.2 Å². The third kappa shape index (κ3) is 4.38. The fourth-order valence-corrected chi connectivity index (χ4v) is 2.66. The first-order chi connectivity index (χ1) is 11.8. The predicted molar refractivity (Wildman–Crippen MR) is 94.0 cm³/mol. The van der Waals surface area contributed by atoms with Crippen molar-refractivity contribution in [1.29, 1.82) is 0 Å². The lowest BCUT2D eigenvalue weighted by molar-refractivity contribution is -0.144. The quantitative estimate of drug-likeness (QED) is 0.430. The maximum absolute atomic E-state index is 12.7. The normalized spacial score (nSPS) is 15.4. The Labute approximate surface area is 148 Å². The number of hydrogen-bond acceptors (Lipinski definition) is 5. The highest BCUT2D eigenvalue weighted by Gasteiger charge is 2.42. The topological polar surface area (TPSA) is 72.9 Å². The molecule has 1 aromatic carbocycles. The Bertz CT molecular complexity index is 680. The number of ether oxygens (including phenoxy) is 2. The first-order valence-corrected chi connectivity index (χ1v) is 8.58. The fraction of sp³-hybridized carbons (Fsp3) is 0.526. The van der Waals surface area contributed by atoms with E-state index >= 15 is 0 Å². The highest BCUT2D eigenvalue weighted by Crippen LogP contribution is 2.38. The largest absolute Gasteiger partial charge is 0.476 e. The van der Waals surface area contributed by atoms with Crippen LogP contribution in [0.4, 0.5) is 5.69 Å². The van der Waals surface area contributed by atoms with Crippen molar-refractivity contribution >= 4 is 23.3 Å². The van der Waals surface area contributed by atoms with Gasteiger partial charge < -0.3 is 9.47 Å². The summed E-state index contributed by atoms with van der Waals surface area (Å²) < 4.78 is 11.0. The van der Waals surface area contributed by atoms with E-state index in [4.69, 9.17) is 9.47 Å². The van der Waals surface area contributed by atoms with Crippen LogP contribution in [0, 0.1) is 0 Å². The predicted octanol–water partition coefficient (Wildman–Crippen LogP) is 3.13. The van der Waals surface area contributed by atoms with Crippen LogP contribution in [0.25, 0.3) is 0 Å². The second-order valence-corrected chi connectivity index (χ2v) is 6.67. The molecule has 0 atom stereocenters. The number of carbonyl (C=O) groups is 3. The van der Waals surface area contributed by atoms with Crippen molar-refractivity contribution in [2.45, 2.75) is 52.6 Å². The van der Waals surface area contributed by atoms with Gasteiger partial charge in [-0.05, 0) is 45.4 Å². The Hall–Kier alpha value is -2.37. The van der Waals surface area contributed by atoms with Crippen molar-refractivity contribution in [2.75, 3.05) is 18.1 Å². The zero-order chi connectivity index (χ0) is 18.6. The number of benzene rings is 1. The molecule has 0 spiro atoms. The minimum atomic E-state index is -1.09. The smallest absolute Gasteiger partial charge is 0.326 e. The van der Waals surface area contributed by atoms with Crippen LogP contribution < -0.4 is 9.64 Å². The highest BCUT2D eigenvalue weighted by molar-refractivity contribution is 6.06. The standard InChI is InChI=1S/C19H25NO5/c1-5-6-7-10-24-17(22)12-20-15-11-14(13(2)21)8-9-16(15)25-19(3,4)18(20)23/h8-9,11H,5-7,10,12H2,1-4H3. The van der Waals surface area contributed by atoms with Crippen LogP contribution in [0.2, 0.25) is 0 Å². The van der Waals surface area contributed by atoms with E-state index in [2.05, 4.69) is 6.92 Å². The van der Waals surface area contributed by atoms with Crippen LogP contribution in [0.1, 0.15) is 57.3 Å². The van der Waals surface area contributed by atoms with Gasteiger partial charge in [0.1, 0.15) is 12.3 Å². The van der Waals surface area contributed by atoms with E-state index < -0.39 is 11.6 Å². The molecule has 0 fully saturated rings. The molecule has 0 aromatic heterocycles. The number of nitrogens with zero attached hydrogens (tertiary/aromatic N) is 1. The second-order valence-electron chi connectivity index (χ2n) is 6.67. The SMILES string of the molecule is CCCCCOC(=O)CN1C(=O)C(C)(C)Oc2ccc(C(C)=O)cc21. The summed E-state index contributed by atoms with van der Waals surface area (Å²) in [5.74, 6) is -0.469. The molecule has 6 heteroatoms. The van der Waals surface area contributed by atoms with Crippen LogP contribution in [0.5, 0.6) is 5.75 Å². The van der Waals surface area contributed by atoms with Crippen LogP contribution in [-0.4, -0.2) is 36.4 Å². The molecule has 0 saturated carbocycles. The van der Waals surface area contributed by atoms with E-state index in [1.165, 1.54) is 11.8 Å². The minimum Gasteiger partial charge on any atom is -0.476 e.